The minimum atomic E-state index is -3.70. The fourth-order valence-corrected chi connectivity index (χ4v) is 3.34. The third kappa shape index (κ3) is 3.17. The molecule has 8 heteroatoms. The Kier molecular flexibility index (Phi) is 4.01. The predicted octanol–water partition coefficient (Wildman–Crippen LogP) is 1.49. The van der Waals surface area contributed by atoms with Crippen LogP contribution in [0.1, 0.15) is 5.69 Å². The van der Waals surface area contributed by atoms with Crippen molar-refractivity contribution in [2.75, 3.05) is 11.8 Å². The van der Waals surface area contributed by atoms with Crippen molar-refractivity contribution in [2.24, 2.45) is 7.05 Å². The summed E-state index contributed by atoms with van der Waals surface area (Å²) in [4.78, 5) is 4.65. The van der Waals surface area contributed by atoms with Gasteiger partial charge in [-0.15, -0.1) is 0 Å². The second kappa shape index (κ2) is 5.98. The Balaban J connectivity index is 2.04. The lowest BCUT2D eigenvalue weighted by molar-refractivity contribution is 0.601. The molecule has 0 aliphatic rings. The summed E-state index contributed by atoms with van der Waals surface area (Å²) in [6.45, 7) is 0.611. The van der Waals surface area contributed by atoms with Crippen molar-refractivity contribution in [3.8, 4) is 0 Å². The number of pyridine rings is 1. The number of aromatic nitrogens is 3. The summed E-state index contributed by atoms with van der Waals surface area (Å²) in [7, 11) is -0.193. The SMILES string of the molecule is CNCc1ccc2cccc(NS(=O)(=O)c3cnn(C)c3)c2n1. The van der Waals surface area contributed by atoms with Gasteiger partial charge in [-0.2, -0.15) is 5.10 Å². The molecule has 23 heavy (non-hydrogen) atoms. The maximum atomic E-state index is 12.5. The van der Waals surface area contributed by atoms with Crippen LogP contribution in [0.15, 0.2) is 47.6 Å². The minimum absolute atomic E-state index is 0.114. The van der Waals surface area contributed by atoms with Gasteiger partial charge in [0.1, 0.15) is 4.90 Å². The highest BCUT2D eigenvalue weighted by Gasteiger charge is 2.17. The molecule has 0 saturated carbocycles. The van der Waals surface area contributed by atoms with E-state index in [1.807, 2.05) is 25.2 Å². The molecule has 0 bridgehead atoms. The molecule has 0 fully saturated rings. The summed E-state index contributed by atoms with van der Waals surface area (Å²) >= 11 is 0. The largest absolute Gasteiger partial charge is 0.314 e. The summed E-state index contributed by atoms with van der Waals surface area (Å²) < 4.78 is 29.0. The summed E-state index contributed by atoms with van der Waals surface area (Å²) in [5, 5.41) is 7.80. The van der Waals surface area contributed by atoms with E-state index in [1.165, 1.54) is 17.1 Å². The number of fused-ring (bicyclic) bond motifs is 1. The molecule has 120 valence electrons. The first-order valence-corrected chi connectivity index (χ1v) is 8.52. The minimum Gasteiger partial charge on any atom is -0.314 e. The van der Waals surface area contributed by atoms with Gasteiger partial charge in [-0.3, -0.25) is 9.40 Å². The average Bonchev–Trinajstić information content (AvgIpc) is 2.95. The van der Waals surface area contributed by atoms with Gasteiger partial charge in [0.05, 0.1) is 23.1 Å². The zero-order chi connectivity index (χ0) is 16.4. The normalized spacial score (nSPS) is 11.7. The van der Waals surface area contributed by atoms with Crippen molar-refractivity contribution in [3.63, 3.8) is 0 Å². The van der Waals surface area contributed by atoms with Gasteiger partial charge in [0.2, 0.25) is 0 Å². The van der Waals surface area contributed by atoms with E-state index in [0.717, 1.165) is 11.1 Å². The first kappa shape index (κ1) is 15.4. The Morgan fingerprint density at radius 2 is 2.04 bits per heavy atom. The van der Waals surface area contributed by atoms with Gasteiger partial charge in [-0.25, -0.2) is 13.4 Å². The summed E-state index contributed by atoms with van der Waals surface area (Å²) in [5.41, 5.74) is 1.91. The Morgan fingerprint density at radius 1 is 1.22 bits per heavy atom. The second-order valence-corrected chi connectivity index (χ2v) is 6.85. The summed E-state index contributed by atoms with van der Waals surface area (Å²) in [5.74, 6) is 0. The van der Waals surface area contributed by atoms with Gasteiger partial charge < -0.3 is 5.32 Å². The Bertz CT molecular complexity index is 949. The number of hydrogen-bond donors (Lipinski definition) is 2. The van der Waals surface area contributed by atoms with E-state index in [-0.39, 0.29) is 4.90 Å². The lowest BCUT2D eigenvalue weighted by Crippen LogP contribution is -2.13. The van der Waals surface area contributed by atoms with Gasteiger partial charge >= 0.3 is 0 Å². The smallest absolute Gasteiger partial charge is 0.265 e. The van der Waals surface area contributed by atoms with E-state index in [9.17, 15) is 8.42 Å². The number of nitrogens with zero attached hydrogens (tertiary/aromatic N) is 3. The molecule has 0 saturated heterocycles. The predicted molar refractivity (Wildman–Crippen MR) is 88.5 cm³/mol. The lowest BCUT2D eigenvalue weighted by Gasteiger charge is -2.10. The first-order chi connectivity index (χ1) is 11.0. The molecule has 1 aromatic carbocycles. The van der Waals surface area contributed by atoms with Crippen molar-refractivity contribution in [2.45, 2.75) is 11.4 Å². The van der Waals surface area contributed by atoms with E-state index in [0.29, 0.717) is 17.7 Å². The van der Waals surface area contributed by atoms with E-state index in [1.54, 1.807) is 19.2 Å². The van der Waals surface area contributed by atoms with Gasteiger partial charge in [-0.1, -0.05) is 18.2 Å². The van der Waals surface area contributed by atoms with Gasteiger partial charge in [0.15, 0.2) is 0 Å². The average molecular weight is 331 g/mol. The summed E-state index contributed by atoms with van der Waals surface area (Å²) in [6.07, 6.45) is 2.76. The van der Waals surface area contributed by atoms with Crippen molar-refractivity contribution in [1.29, 1.82) is 0 Å². The maximum Gasteiger partial charge on any atom is 0.265 e. The van der Waals surface area contributed by atoms with Crippen molar-refractivity contribution in [3.05, 3.63) is 48.4 Å². The van der Waals surface area contributed by atoms with Crippen LogP contribution >= 0.6 is 0 Å². The van der Waals surface area contributed by atoms with Gasteiger partial charge in [-0.05, 0) is 19.2 Å². The molecule has 0 amide bonds. The van der Waals surface area contributed by atoms with Crippen LogP contribution in [0.3, 0.4) is 0 Å². The van der Waals surface area contributed by atoms with E-state index < -0.39 is 10.0 Å². The van der Waals surface area contributed by atoms with Crippen LogP contribution < -0.4 is 10.0 Å². The van der Waals surface area contributed by atoms with Crippen LogP contribution in [0.4, 0.5) is 5.69 Å². The third-order valence-corrected chi connectivity index (χ3v) is 4.69. The number of rotatable bonds is 5. The molecule has 7 nitrogen and oxygen atoms in total. The number of hydrogen-bond acceptors (Lipinski definition) is 5. The van der Waals surface area contributed by atoms with Crippen LogP contribution in [-0.4, -0.2) is 30.2 Å². The fourth-order valence-electron chi connectivity index (χ4n) is 2.29. The van der Waals surface area contributed by atoms with Crippen molar-refractivity contribution >= 4 is 26.6 Å². The van der Waals surface area contributed by atoms with E-state index >= 15 is 0 Å². The number of anilines is 1. The van der Waals surface area contributed by atoms with Crippen molar-refractivity contribution < 1.29 is 8.42 Å². The third-order valence-electron chi connectivity index (χ3n) is 3.37. The molecule has 0 atom stereocenters. The van der Waals surface area contributed by atoms with Gasteiger partial charge in [0.25, 0.3) is 10.0 Å². The molecule has 2 N–H and O–H groups in total. The molecule has 0 unspecified atom stereocenters. The maximum absolute atomic E-state index is 12.5. The molecule has 2 aromatic heterocycles. The highest BCUT2D eigenvalue weighted by Crippen LogP contribution is 2.24. The van der Waals surface area contributed by atoms with Crippen LogP contribution in [0.5, 0.6) is 0 Å². The molecule has 3 aromatic rings. The number of nitrogens with one attached hydrogen (secondary N) is 2. The molecular weight excluding hydrogens is 314 g/mol. The highest BCUT2D eigenvalue weighted by molar-refractivity contribution is 7.92. The highest BCUT2D eigenvalue weighted by atomic mass is 32.2. The zero-order valence-electron chi connectivity index (χ0n) is 12.8. The van der Waals surface area contributed by atoms with Crippen LogP contribution in [-0.2, 0) is 23.6 Å². The molecular formula is C15H17N5O2S. The zero-order valence-corrected chi connectivity index (χ0v) is 13.6. The van der Waals surface area contributed by atoms with E-state index in [2.05, 4.69) is 20.1 Å². The lowest BCUT2D eigenvalue weighted by atomic mass is 10.2. The Hall–Kier alpha value is -2.45. The Labute approximate surface area is 134 Å². The molecule has 0 aliphatic heterocycles. The van der Waals surface area contributed by atoms with E-state index in [4.69, 9.17) is 0 Å². The number of aryl methyl sites for hydroxylation is 1. The van der Waals surface area contributed by atoms with Crippen LogP contribution in [0.2, 0.25) is 0 Å². The Morgan fingerprint density at radius 3 is 2.74 bits per heavy atom. The molecule has 2 heterocycles. The second-order valence-electron chi connectivity index (χ2n) is 5.17. The fraction of sp³-hybridized carbons (Fsp3) is 0.200. The first-order valence-electron chi connectivity index (χ1n) is 7.04. The molecule has 3 rings (SSSR count). The monoisotopic (exact) mass is 331 g/mol. The van der Waals surface area contributed by atoms with Crippen molar-refractivity contribution in [1.82, 2.24) is 20.1 Å². The standard InChI is InChI=1S/C15H17N5O2S/c1-16-8-12-7-6-11-4-3-5-14(15(11)18-12)19-23(21,22)13-9-17-20(2)10-13/h3-7,9-10,16,19H,8H2,1-2H3. The molecule has 0 spiro atoms. The molecule has 0 radical (unpaired) electrons. The van der Waals surface area contributed by atoms with Gasteiger partial charge in [0, 0.05) is 25.2 Å². The molecule has 0 aliphatic carbocycles. The summed E-state index contributed by atoms with van der Waals surface area (Å²) in [6, 6.07) is 9.23. The number of para-hydroxylation sites is 1. The van der Waals surface area contributed by atoms with Crippen LogP contribution in [0.25, 0.3) is 10.9 Å². The quantitative estimate of drug-likeness (QED) is 0.739. The number of sulfonamides is 1. The topological polar surface area (TPSA) is 88.9 Å². The van der Waals surface area contributed by atoms with Crippen LogP contribution in [0, 0.1) is 0 Å². The number of benzene rings is 1.